The number of nitrogens with one attached hydrogen (secondary N) is 1. The minimum atomic E-state index is -0.656. The van der Waals surface area contributed by atoms with Crippen LogP contribution in [0.25, 0.3) is 0 Å². The maximum atomic E-state index is 12.3. The van der Waals surface area contributed by atoms with Crippen LogP contribution < -0.4 is 24.3 Å². The van der Waals surface area contributed by atoms with Crippen LogP contribution in [0.2, 0.25) is 0 Å². The van der Waals surface area contributed by atoms with Crippen molar-refractivity contribution in [3.8, 4) is 23.0 Å². The normalized spacial score (nSPS) is 10.3. The van der Waals surface area contributed by atoms with Crippen molar-refractivity contribution in [1.82, 2.24) is 0 Å². The Hall–Kier alpha value is -3.42. The van der Waals surface area contributed by atoms with E-state index < -0.39 is 18.5 Å². The second-order valence-corrected chi connectivity index (χ2v) is 6.76. The lowest BCUT2D eigenvalue weighted by Crippen LogP contribution is -2.21. The highest BCUT2D eigenvalue weighted by Crippen LogP contribution is 2.30. The quantitative estimate of drug-likeness (QED) is 0.591. The number of methoxy groups -OCH3 is 3. The van der Waals surface area contributed by atoms with Crippen LogP contribution in [0.1, 0.15) is 24.2 Å². The summed E-state index contributed by atoms with van der Waals surface area (Å²) in [6, 6.07) is 9.69. The van der Waals surface area contributed by atoms with Crippen LogP contribution in [0.5, 0.6) is 23.0 Å². The molecule has 8 nitrogen and oxygen atoms in total. The molecule has 0 saturated carbocycles. The second kappa shape index (κ2) is 10.9. The summed E-state index contributed by atoms with van der Waals surface area (Å²) in [6.07, 6.45) is 0. The third-order valence-electron chi connectivity index (χ3n) is 3.99. The van der Waals surface area contributed by atoms with E-state index in [1.54, 1.807) is 30.3 Å². The van der Waals surface area contributed by atoms with Gasteiger partial charge in [0.25, 0.3) is 5.91 Å². The number of ether oxygens (including phenoxy) is 5. The molecule has 0 bridgehead atoms. The molecule has 30 heavy (non-hydrogen) atoms. The summed E-state index contributed by atoms with van der Waals surface area (Å²) in [5.41, 5.74) is 0.654. The van der Waals surface area contributed by atoms with E-state index in [1.807, 2.05) is 13.8 Å². The lowest BCUT2D eigenvalue weighted by molar-refractivity contribution is -0.119. The number of hydrogen-bond acceptors (Lipinski definition) is 7. The van der Waals surface area contributed by atoms with Gasteiger partial charge in [-0.3, -0.25) is 4.79 Å². The van der Waals surface area contributed by atoms with Crippen molar-refractivity contribution < 1.29 is 33.3 Å². The molecule has 0 aliphatic rings. The molecule has 0 atom stereocenters. The summed E-state index contributed by atoms with van der Waals surface area (Å²) in [4.78, 5) is 24.5. The van der Waals surface area contributed by atoms with Gasteiger partial charge < -0.3 is 29.0 Å². The SMILES string of the molecule is COc1ccc(OC)c(NC(=O)COC(=O)c2ccc(OCC(C)C)c(OC)c2)c1. The third-order valence-corrected chi connectivity index (χ3v) is 3.99. The number of esters is 1. The Balaban J connectivity index is 1.99. The smallest absolute Gasteiger partial charge is 0.338 e. The number of carbonyl (C=O) groups is 2. The zero-order valence-corrected chi connectivity index (χ0v) is 17.8. The molecule has 0 heterocycles. The fraction of sp³-hybridized carbons (Fsp3) is 0.364. The van der Waals surface area contributed by atoms with Crippen LogP contribution in [0, 0.1) is 5.92 Å². The molecule has 1 amide bonds. The number of hydrogen-bond donors (Lipinski definition) is 1. The Morgan fingerprint density at radius 2 is 1.60 bits per heavy atom. The zero-order valence-electron chi connectivity index (χ0n) is 17.8. The Morgan fingerprint density at radius 1 is 0.900 bits per heavy atom. The first kappa shape index (κ1) is 22.9. The summed E-state index contributed by atoms with van der Waals surface area (Å²) in [6.45, 7) is 4.12. The van der Waals surface area contributed by atoms with Crippen molar-refractivity contribution in [2.24, 2.45) is 5.92 Å². The molecule has 0 spiro atoms. The number of anilines is 1. The Labute approximate surface area is 176 Å². The standard InChI is InChI=1S/C22H27NO7/c1-14(2)12-29-19-8-6-15(10-20(19)28-5)22(25)30-13-21(24)23-17-11-16(26-3)7-9-18(17)27-4/h6-11,14H,12-13H2,1-5H3,(H,23,24). The Bertz CT molecular complexity index is 880. The maximum absolute atomic E-state index is 12.3. The molecule has 0 aromatic heterocycles. The number of carbonyl (C=O) groups excluding carboxylic acids is 2. The van der Waals surface area contributed by atoms with Gasteiger partial charge in [0.1, 0.15) is 11.5 Å². The fourth-order valence-electron chi connectivity index (χ4n) is 2.48. The van der Waals surface area contributed by atoms with Gasteiger partial charge in [0, 0.05) is 6.07 Å². The lowest BCUT2D eigenvalue weighted by atomic mass is 10.2. The highest BCUT2D eigenvalue weighted by atomic mass is 16.5. The van der Waals surface area contributed by atoms with Crippen LogP contribution in [-0.2, 0) is 9.53 Å². The lowest BCUT2D eigenvalue weighted by Gasteiger charge is -2.14. The van der Waals surface area contributed by atoms with E-state index in [0.717, 1.165) is 0 Å². The van der Waals surface area contributed by atoms with Gasteiger partial charge in [0.15, 0.2) is 18.1 Å². The van der Waals surface area contributed by atoms with E-state index >= 15 is 0 Å². The maximum Gasteiger partial charge on any atom is 0.338 e. The van der Waals surface area contributed by atoms with Crippen molar-refractivity contribution >= 4 is 17.6 Å². The van der Waals surface area contributed by atoms with E-state index in [-0.39, 0.29) is 5.56 Å². The summed E-state index contributed by atoms with van der Waals surface area (Å²) in [5.74, 6) is 1.13. The fourth-order valence-corrected chi connectivity index (χ4v) is 2.48. The second-order valence-electron chi connectivity index (χ2n) is 6.76. The van der Waals surface area contributed by atoms with Gasteiger partial charge in [0.05, 0.1) is 39.2 Å². The van der Waals surface area contributed by atoms with Gasteiger partial charge in [0.2, 0.25) is 0 Å². The van der Waals surface area contributed by atoms with Crippen molar-refractivity contribution in [2.45, 2.75) is 13.8 Å². The highest BCUT2D eigenvalue weighted by Gasteiger charge is 2.15. The van der Waals surface area contributed by atoms with Crippen LogP contribution in [-0.4, -0.2) is 46.4 Å². The third kappa shape index (κ3) is 6.30. The molecule has 0 aliphatic carbocycles. The molecule has 0 aliphatic heterocycles. The molecule has 0 unspecified atom stereocenters. The highest BCUT2D eigenvalue weighted by molar-refractivity contribution is 5.96. The molecule has 2 aromatic rings. The molecule has 8 heteroatoms. The van der Waals surface area contributed by atoms with E-state index in [4.69, 9.17) is 23.7 Å². The average molecular weight is 417 g/mol. The van der Waals surface area contributed by atoms with E-state index in [9.17, 15) is 9.59 Å². The van der Waals surface area contributed by atoms with Crippen LogP contribution in [0.4, 0.5) is 5.69 Å². The Morgan fingerprint density at radius 3 is 2.23 bits per heavy atom. The van der Waals surface area contributed by atoms with Crippen molar-refractivity contribution in [1.29, 1.82) is 0 Å². The van der Waals surface area contributed by atoms with Crippen LogP contribution in [0.15, 0.2) is 36.4 Å². The first-order chi connectivity index (χ1) is 14.4. The van der Waals surface area contributed by atoms with Gasteiger partial charge in [-0.25, -0.2) is 4.79 Å². The first-order valence-corrected chi connectivity index (χ1v) is 9.37. The van der Waals surface area contributed by atoms with Gasteiger partial charge in [-0.1, -0.05) is 13.8 Å². The van der Waals surface area contributed by atoms with Gasteiger partial charge in [-0.05, 0) is 36.2 Å². The molecule has 0 fully saturated rings. The molecular weight excluding hydrogens is 390 g/mol. The summed E-state index contributed by atoms with van der Waals surface area (Å²) in [7, 11) is 4.49. The average Bonchev–Trinajstić information content (AvgIpc) is 2.75. The Kier molecular flexibility index (Phi) is 8.34. The molecule has 2 aromatic carbocycles. The molecule has 1 N–H and O–H groups in total. The summed E-state index contributed by atoms with van der Waals surface area (Å²) >= 11 is 0. The van der Waals surface area contributed by atoms with E-state index in [1.165, 1.54) is 27.4 Å². The predicted octanol–water partition coefficient (Wildman–Crippen LogP) is 3.54. The number of amides is 1. The van der Waals surface area contributed by atoms with E-state index in [2.05, 4.69) is 5.32 Å². The number of benzene rings is 2. The van der Waals surface area contributed by atoms with Crippen LogP contribution >= 0.6 is 0 Å². The molecule has 0 saturated heterocycles. The molecular formula is C22H27NO7. The number of rotatable bonds is 10. The minimum Gasteiger partial charge on any atom is -0.497 e. The van der Waals surface area contributed by atoms with Crippen molar-refractivity contribution in [3.05, 3.63) is 42.0 Å². The molecule has 0 radical (unpaired) electrons. The molecule has 2 rings (SSSR count). The first-order valence-electron chi connectivity index (χ1n) is 9.37. The minimum absolute atomic E-state index is 0.246. The van der Waals surface area contributed by atoms with Gasteiger partial charge in [-0.15, -0.1) is 0 Å². The monoisotopic (exact) mass is 417 g/mol. The molecule has 162 valence electrons. The van der Waals surface area contributed by atoms with Gasteiger partial charge >= 0.3 is 5.97 Å². The van der Waals surface area contributed by atoms with Crippen molar-refractivity contribution in [3.63, 3.8) is 0 Å². The summed E-state index contributed by atoms with van der Waals surface area (Å²) in [5, 5.41) is 2.64. The van der Waals surface area contributed by atoms with Crippen LogP contribution in [0.3, 0.4) is 0 Å². The zero-order chi connectivity index (χ0) is 22.1. The topological polar surface area (TPSA) is 92.3 Å². The van der Waals surface area contributed by atoms with Crippen molar-refractivity contribution in [2.75, 3.05) is 39.9 Å². The predicted molar refractivity (Wildman–Crippen MR) is 112 cm³/mol. The summed E-state index contributed by atoms with van der Waals surface area (Å²) < 4.78 is 26.4. The van der Waals surface area contributed by atoms with E-state index in [0.29, 0.717) is 41.2 Å². The largest absolute Gasteiger partial charge is 0.497 e. The van der Waals surface area contributed by atoms with Gasteiger partial charge in [-0.2, -0.15) is 0 Å².